The number of rotatable bonds is 6. The lowest BCUT2D eigenvalue weighted by Crippen LogP contribution is -2.45. The topological polar surface area (TPSA) is 51.2 Å². The highest BCUT2D eigenvalue weighted by Gasteiger charge is 2.37. The Morgan fingerprint density at radius 3 is 2.79 bits per heavy atom. The van der Waals surface area contributed by atoms with Gasteiger partial charge in [-0.15, -0.1) is 11.3 Å². The zero-order chi connectivity index (χ0) is 13.9. The van der Waals surface area contributed by atoms with E-state index in [9.17, 15) is 4.79 Å². The molecule has 0 unspecified atom stereocenters. The summed E-state index contributed by atoms with van der Waals surface area (Å²) in [5.41, 5.74) is 0.696. The summed E-state index contributed by atoms with van der Waals surface area (Å²) in [5.74, 6) is 0.309. The standard InChI is InChI=1S/C14H22N2O2S/c1-10(2)13-16-11(7-19-13)12(17)15-8-14(9-18-3)5-4-6-14/h7,10H,4-6,8-9H2,1-3H3,(H,15,17). The Balaban J connectivity index is 1.90. The minimum atomic E-state index is -0.0643. The van der Waals surface area contributed by atoms with Gasteiger partial charge in [0, 0.05) is 30.4 Å². The zero-order valence-corrected chi connectivity index (χ0v) is 12.7. The van der Waals surface area contributed by atoms with E-state index in [2.05, 4.69) is 24.1 Å². The van der Waals surface area contributed by atoms with Gasteiger partial charge in [-0.3, -0.25) is 4.79 Å². The van der Waals surface area contributed by atoms with Crippen LogP contribution in [0.25, 0.3) is 0 Å². The molecular weight excluding hydrogens is 260 g/mol. The first kappa shape index (κ1) is 14.5. The number of ether oxygens (including phenoxy) is 1. The van der Waals surface area contributed by atoms with Crippen molar-refractivity contribution in [2.45, 2.75) is 39.0 Å². The van der Waals surface area contributed by atoms with E-state index in [1.807, 2.05) is 5.38 Å². The molecule has 0 bridgehead atoms. The van der Waals surface area contributed by atoms with Crippen molar-refractivity contribution in [3.63, 3.8) is 0 Å². The molecule has 1 saturated carbocycles. The lowest BCUT2D eigenvalue weighted by atomic mass is 9.69. The SMILES string of the molecule is COCC1(CNC(=O)c2csc(C(C)C)n2)CCC1. The third-order valence-electron chi connectivity index (χ3n) is 3.74. The van der Waals surface area contributed by atoms with E-state index in [0.717, 1.165) is 24.5 Å². The van der Waals surface area contributed by atoms with Crippen molar-refractivity contribution in [1.29, 1.82) is 0 Å². The van der Waals surface area contributed by atoms with Gasteiger partial charge in [0.15, 0.2) is 0 Å². The highest BCUT2D eigenvalue weighted by molar-refractivity contribution is 7.09. The quantitative estimate of drug-likeness (QED) is 0.873. The zero-order valence-electron chi connectivity index (χ0n) is 11.9. The molecular formula is C14H22N2O2S. The summed E-state index contributed by atoms with van der Waals surface area (Å²) < 4.78 is 5.26. The van der Waals surface area contributed by atoms with Gasteiger partial charge in [0.2, 0.25) is 0 Å². The molecule has 2 rings (SSSR count). The molecule has 5 heteroatoms. The largest absolute Gasteiger partial charge is 0.384 e. The predicted octanol–water partition coefficient (Wildman–Crippen LogP) is 2.81. The van der Waals surface area contributed by atoms with E-state index in [0.29, 0.717) is 18.2 Å². The number of amides is 1. The number of aromatic nitrogens is 1. The summed E-state index contributed by atoms with van der Waals surface area (Å²) in [6.45, 7) is 5.58. The Morgan fingerprint density at radius 1 is 1.58 bits per heavy atom. The Bertz CT molecular complexity index is 438. The Labute approximate surface area is 118 Å². The molecule has 1 N–H and O–H groups in total. The first-order chi connectivity index (χ1) is 9.06. The summed E-state index contributed by atoms with van der Waals surface area (Å²) in [5, 5.41) is 5.86. The molecule has 4 nitrogen and oxygen atoms in total. The molecule has 1 aliphatic carbocycles. The Morgan fingerprint density at radius 2 is 2.32 bits per heavy atom. The molecule has 0 radical (unpaired) electrons. The lowest BCUT2D eigenvalue weighted by molar-refractivity contribution is 0.0179. The van der Waals surface area contributed by atoms with Gasteiger partial charge in [0.25, 0.3) is 5.91 Å². The van der Waals surface area contributed by atoms with Crippen LogP contribution in [0, 0.1) is 5.41 Å². The molecule has 106 valence electrons. The van der Waals surface area contributed by atoms with Gasteiger partial charge in [0.05, 0.1) is 11.6 Å². The van der Waals surface area contributed by atoms with E-state index in [1.165, 1.54) is 6.42 Å². The van der Waals surface area contributed by atoms with Crippen LogP contribution in [0.2, 0.25) is 0 Å². The molecule has 1 fully saturated rings. The number of carbonyl (C=O) groups is 1. The second kappa shape index (κ2) is 6.01. The van der Waals surface area contributed by atoms with Crippen molar-refractivity contribution >= 4 is 17.2 Å². The highest BCUT2D eigenvalue weighted by atomic mass is 32.1. The number of carbonyl (C=O) groups excluding carboxylic acids is 1. The molecule has 1 aliphatic rings. The van der Waals surface area contributed by atoms with Gasteiger partial charge in [-0.05, 0) is 12.8 Å². The maximum atomic E-state index is 12.1. The number of methoxy groups -OCH3 is 1. The van der Waals surface area contributed by atoms with E-state index in [4.69, 9.17) is 4.74 Å². The van der Waals surface area contributed by atoms with Crippen molar-refractivity contribution in [1.82, 2.24) is 10.3 Å². The number of nitrogens with one attached hydrogen (secondary N) is 1. The maximum absolute atomic E-state index is 12.1. The third-order valence-corrected chi connectivity index (χ3v) is 4.88. The summed E-state index contributed by atoms with van der Waals surface area (Å²) in [7, 11) is 1.72. The first-order valence-corrected chi connectivity index (χ1v) is 7.67. The fourth-order valence-electron chi connectivity index (χ4n) is 2.37. The summed E-state index contributed by atoms with van der Waals surface area (Å²) in [6.07, 6.45) is 3.50. The predicted molar refractivity (Wildman–Crippen MR) is 76.7 cm³/mol. The van der Waals surface area contributed by atoms with Crippen LogP contribution < -0.4 is 5.32 Å². The van der Waals surface area contributed by atoms with Gasteiger partial charge in [0.1, 0.15) is 5.69 Å². The van der Waals surface area contributed by atoms with Crippen molar-refractivity contribution < 1.29 is 9.53 Å². The number of nitrogens with zero attached hydrogens (tertiary/aromatic N) is 1. The molecule has 19 heavy (non-hydrogen) atoms. The number of hydrogen-bond donors (Lipinski definition) is 1. The smallest absolute Gasteiger partial charge is 0.270 e. The second-order valence-electron chi connectivity index (χ2n) is 5.69. The molecule has 0 saturated heterocycles. The van der Waals surface area contributed by atoms with Gasteiger partial charge in [-0.2, -0.15) is 0 Å². The van der Waals surface area contributed by atoms with Crippen LogP contribution in [-0.4, -0.2) is 31.2 Å². The van der Waals surface area contributed by atoms with Gasteiger partial charge < -0.3 is 10.1 Å². The van der Waals surface area contributed by atoms with Crippen LogP contribution in [0.1, 0.15) is 54.5 Å². The molecule has 1 aromatic rings. The van der Waals surface area contributed by atoms with Crippen LogP contribution in [0.15, 0.2) is 5.38 Å². The van der Waals surface area contributed by atoms with Crippen LogP contribution in [0.5, 0.6) is 0 Å². The number of hydrogen-bond acceptors (Lipinski definition) is 4. The van der Waals surface area contributed by atoms with Crippen LogP contribution in [-0.2, 0) is 4.74 Å². The summed E-state index contributed by atoms with van der Waals surface area (Å²) in [4.78, 5) is 16.4. The minimum absolute atomic E-state index is 0.0643. The molecule has 0 spiro atoms. The van der Waals surface area contributed by atoms with E-state index < -0.39 is 0 Å². The fourth-order valence-corrected chi connectivity index (χ4v) is 3.19. The second-order valence-corrected chi connectivity index (χ2v) is 6.58. The molecule has 1 heterocycles. The average Bonchev–Trinajstić information content (AvgIpc) is 2.81. The van der Waals surface area contributed by atoms with Gasteiger partial charge in [-0.1, -0.05) is 20.3 Å². The molecule has 0 aliphatic heterocycles. The number of thiazole rings is 1. The van der Waals surface area contributed by atoms with Crippen molar-refractivity contribution in [2.24, 2.45) is 5.41 Å². The monoisotopic (exact) mass is 282 g/mol. The van der Waals surface area contributed by atoms with Crippen LogP contribution in [0.4, 0.5) is 0 Å². The highest BCUT2D eigenvalue weighted by Crippen LogP contribution is 2.40. The molecule has 0 aromatic carbocycles. The first-order valence-electron chi connectivity index (χ1n) is 6.79. The minimum Gasteiger partial charge on any atom is -0.384 e. The Kier molecular flexibility index (Phi) is 4.58. The summed E-state index contributed by atoms with van der Waals surface area (Å²) in [6, 6.07) is 0. The van der Waals surface area contributed by atoms with Crippen molar-refractivity contribution in [3.05, 3.63) is 16.1 Å². The fraction of sp³-hybridized carbons (Fsp3) is 0.714. The maximum Gasteiger partial charge on any atom is 0.270 e. The van der Waals surface area contributed by atoms with Crippen LogP contribution >= 0.6 is 11.3 Å². The third kappa shape index (κ3) is 3.34. The van der Waals surface area contributed by atoms with Crippen LogP contribution in [0.3, 0.4) is 0 Å². The summed E-state index contributed by atoms with van der Waals surface area (Å²) >= 11 is 1.55. The lowest BCUT2D eigenvalue weighted by Gasteiger charge is -2.41. The van der Waals surface area contributed by atoms with Gasteiger partial charge >= 0.3 is 0 Å². The molecule has 0 atom stereocenters. The van der Waals surface area contributed by atoms with E-state index in [1.54, 1.807) is 18.4 Å². The van der Waals surface area contributed by atoms with Crippen molar-refractivity contribution in [3.8, 4) is 0 Å². The Hall–Kier alpha value is -0.940. The molecule has 1 aromatic heterocycles. The van der Waals surface area contributed by atoms with Crippen molar-refractivity contribution in [2.75, 3.05) is 20.3 Å². The van der Waals surface area contributed by atoms with E-state index in [-0.39, 0.29) is 11.3 Å². The molecule has 1 amide bonds. The normalized spacial score (nSPS) is 17.3. The van der Waals surface area contributed by atoms with Gasteiger partial charge in [-0.25, -0.2) is 4.98 Å². The van der Waals surface area contributed by atoms with E-state index >= 15 is 0 Å². The average molecular weight is 282 g/mol.